The van der Waals surface area contributed by atoms with Crippen molar-refractivity contribution in [1.82, 2.24) is 24.0 Å². The average Bonchev–Trinajstić information content (AvgIpc) is 3.10. The van der Waals surface area contributed by atoms with E-state index in [4.69, 9.17) is 0 Å². The fourth-order valence-electron chi connectivity index (χ4n) is 4.01. The molecule has 1 aliphatic carbocycles. The van der Waals surface area contributed by atoms with Gasteiger partial charge >= 0.3 is 5.69 Å². The van der Waals surface area contributed by atoms with Crippen LogP contribution in [0.4, 0.5) is 0 Å². The Balaban J connectivity index is 1.53. The molecule has 28 heavy (non-hydrogen) atoms. The normalized spacial score (nSPS) is 24.0. The van der Waals surface area contributed by atoms with Crippen LogP contribution in [0.5, 0.6) is 0 Å². The highest BCUT2D eigenvalue weighted by Crippen LogP contribution is 2.26. The Morgan fingerprint density at radius 1 is 1.21 bits per heavy atom. The summed E-state index contributed by atoms with van der Waals surface area (Å²) in [6, 6.07) is 0.257. The quantitative estimate of drug-likeness (QED) is 0.596. The summed E-state index contributed by atoms with van der Waals surface area (Å²) in [4.78, 5) is 28.7. The van der Waals surface area contributed by atoms with E-state index >= 15 is 0 Å². The third kappa shape index (κ3) is 4.21. The molecule has 4 unspecified atom stereocenters. The highest BCUT2D eigenvalue weighted by Gasteiger charge is 2.27. The van der Waals surface area contributed by atoms with Crippen LogP contribution in [0.3, 0.4) is 0 Å². The Kier molecular flexibility index (Phi) is 6.36. The smallest absolute Gasteiger partial charge is 0.332 e. The van der Waals surface area contributed by atoms with Gasteiger partial charge in [0.15, 0.2) is 11.2 Å². The molecule has 156 valence electrons. The molecule has 2 aromatic rings. The molecule has 3 N–H and O–H groups in total. The first-order chi connectivity index (χ1) is 13.3. The van der Waals surface area contributed by atoms with Crippen molar-refractivity contribution >= 4 is 11.2 Å². The summed E-state index contributed by atoms with van der Waals surface area (Å²) in [7, 11) is 3.10. The first-order valence-electron chi connectivity index (χ1n) is 10.00. The van der Waals surface area contributed by atoms with Gasteiger partial charge in [0.25, 0.3) is 5.56 Å². The van der Waals surface area contributed by atoms with E-state index in [1.165, 1.54) is 11.6 Å². The van der Waals surface area contributed by atoms with Gasteiger partial charge in [0.2, 0.25) is 0 Å². The van der Waals surface area contributed by atoms with Crippen molar-refractivity contribution in [2.75, 3.05) is 6.54 Å². The molecule has 0 amide bonds. The second-order valence-corrected chi connectivity index (χ2v) is 8.06. The van der Waals surface area contributed by atoms with Crippen molar-refractivity contribution in [1.29, 1.82) is 0 Å². The SMILES string of the molecule is CC(CCn1cnc2c1c(=O)n(C)c(=O)n2C)NCCC1CCC(O)C(O)C1. The first kappa shape index (κ1) is 20.8. The number of fused-ring (bicyclic) bond motifs is 1. The van der Waals surface area contributed by atoms with E-state index in [-0.39, 0.29) is 17.3 Å². The Hall–Kier alpha value is -1.97. The Morgan fingerprint density at radius 2 is 1.96 bits per heavy atom. The van der Waals surface area contributed by atoms with E-state index < -0.39 is 12.2 Å². The number of rotatable bonds is 7. The first-order valence-corrected chi connectivity index (χ1v) is 10.00. The van der Waals surface area contributed by atoms with E-state index in [1.807, 2.05) is 4.57 Å². The standard InChI is InChI=1S/C19H31N5O4/c1-12(20-8-6-13-4-5-14(25)15(26)10-13)7-9-24-11-21-17-16(24)18(27)23(3)19(28)22(17)2/h11-15,20,25-26H,4-10H2,1-3H3. The van der Waals surface area contributed by atoms with E-state index in [1.54, 1.807) is 13.4 Å². The number of aliphatic hydroxyl groups excluding tert-OH is 2. The highest BCUT2D eigenvalue weighted by atomic mass is 16.3. The van der Waals surface area contributed by atoms with Gasteiger partial charge in [-0.25, -0.2) is 9.78 Å². The molecule has 1 aliphatic rings. The van der Waals surface area contributed by atoms with E-state index in [9.17, 15) is 19.8 Å². The molecule has 2 heterocycles. The van der Waals surface area contributed by atoms with Gasteiger partial charge in [0, 0.05) is 26.7 Å². The molecule has 9 heteroatoms. The van der Waals surface area contributed by atoms with Gasteiger partial charge in [0.05, 0.1) is 18.5 Å². The van der Waals surface area contributed by atoms with Crippen molar-refractivity contribution in [2.45, 2.75) is 63.8 Å². The zero-order chi connectivity index (χ0) is 20.4. The average molecular weight is 393 g/mol. The number of hydrogen-bond donors (Lipinski definition) is 3. The number of aryl methyl sites for hydroxylation is 2. The molecule has 1 saturated carbocycles. The maximum Gasteiger partial charge on any atom is 0.332 e. The monoisotopic (exact) mass is 393 g/mol. The van der Waals surface area contributed by atoms with Crippen molar-refractivity contribution in [3.8, 4) is 0 Å². The van der Waals surface area contributed by atoms with Gasteiger partial charge < -0.3 is 20.1 Å². The molecular formula is C19H31N5O4. The number of nitrogens with zero attached hydrogens (tertiary/aromatic N) is 4. The predicted molar refractivity (Wildman–Crippen MR) is 106 cm³/mol. The number of imidazole rings is 1. The lowest BCUT2D eigenvalue weighted by molar-refractivity contribution is -0.0264. The predicted octanol–water partition coefficient (Wildman–Crippen LogP) is -0.286. The maximum atomic E-state index is 12.5. The van der Waals surface area contributed by atoms with Crippen LogP contribution < -0.4 is 16.6 Å². The van der Waals surface area contributed by atoms with Gasteiger partial charge in [0.1, 0.15) is 0 Å². The van der Waals surface area contributed by atoms with Crippen LogP contribution in [-0.4, -0.2) is 53.7 Å². The number of nitrogens with one attached hydrogen (secondary N) is 1. The fourth-order valence-corrected chi connectivity index (χ4v) is 4.01. The minimum Gasteiger partial charge on any atom is -0.390 e. The summed E-state index contributed by atoms with van der Waals surface area (Å²) in [6.07, 6.45) is 4.55. The van der Waals surface area contributed by atoms with Gasteiger partial charge in [-0.15, -0.1) is 0 Å². The number of hydrogen-bond acceptors (Lipinski definition) is 6. The summed E-state index contributed by atoms with van der Waals surface area (Å²) in [6.45, 7) is 3.59. The zero-order valence-electron chi connectivity index (χ0n) is 16.8. The van der Waals surface area contributed by atoms with E-state index in [2.05, 4.69) is 17.2 Å². The second kappa shape index (κ2) is 8.59. The lowest BCUT2D eigenvalue weighted by Crippen LogP contribution is -2.37. The lowest BCUT2D eigenvalue weighted by Gasteiger charge is -2.30. The highest BCUT2D eigenvalue weighted by molar-refractivity contribution is 5.69. The third-order valence-electron chi connectivity index (χ3n) is 5.96. The summed E-state index contributed by atoms with van der Waals surface area (Å²) in [5.41, 5.74) is 0.158. The van der Waals surface area contributed by atoms with Crippen molar-refractivity contribution in [3.05, 3.63) is 27.2 Å². The van der Waals surface area contributed by atoms with Gasteiger partial charge in [-0.3, -0.25) is 13.9 Å². The third-order valence-corrected chi connectivity index (χ3v) is 5.96. The Morgan fingerprint density at radius 3 is 2.68 bits per heavy atom. The van der Waals surface area contributed by atoms with E-state index in [0.29, 0.717) is 36.5 Å². The lowest BCUT2D eigenvalue weighted by atomic mass is 9.83. The molecular weight excluding hydrogens is 362 g/mol. The van der Waals surface area contributed by atoms with Crippen LogP contribution in [0, 0.1) is 5.92 Å². The van der Waals surface area contributed by atoms with Crippen LogP contribution in [0.1, 0.15) is 39.0 Å². The topological polar surface area (TPSA) is 114 Å². The van der Waals surface area contributed by atoms with Crippen molar-refractivity contribution in [2.24, 2.45) is 20.0 Å². The Labute approximate surface area is 163 Å². The molecule has 1 fully saturated rings. The summed E-state index contributed by atoms with van der Waals surface area (Å²) in [5, 5.41) is 22.9. The van der Waals surface area contributed by atoms with Crippen LogP contribution in [0.2, 0.25) is 0 Å². The second-order valence-electron chi connectivity index (χ2n) is 8.06. The van der Waals surface area contributed by atoms with Gasteiger partial charge in [-0.2, -0.15) is 0 Å². The van der Waals surface area contributed by atoms with Crippen LogP contribution >= 0.6 is 0 Å². The van der Waals surface area contributed by atoms with E-state index in [0.717, 1.165) is 30.4 Å². The molecule has 0 aromatic carbocycles. The van der Waals surface area contributed by atoms with Crippen molar-refractivity contribution in [3.63, 3.8) is 0 Å². The molecule has 4 atom stereocenters. The molecule has 0 bridgehead atoms. The molecule has 0 spiro atoms. The number of aliphatic hydroxyl groups is 2. The molecule has 0 aliphatic heterocycles. The molecule has 0 radical (unpaired) electrons. The minimum absolute atomic E-state index is 0.257. The molecule has 0 saturated heterocycles. The Bertz CT molecular complexity index is 931. The van der Waals surface area contributed by atoms with Gasteiger partial charge in [-0.1, -0.05) is 0 Å². The van der Waals surface area contributed by atoms with Crippen LogP contribution in [0.15, 0.2) is 15.9 Å². The fraction of sp³-hybridized carbons (Fsp3) is 0.737. The van der Waals surface area contributed by atoms with Gasteiger partial charge in [-0.05, 0) is 51.5 Å². The maximum absolute atomic E-state index is 12.5. The summed E-state index contributed by atoms with van der Waals surface area (Å²) >= 11 is 0. The zero-order valence-corrected chi connectivity index (χ0v) is 16.8. The van der Waals surface area contributed by atoms with Crippen LogP contribution in [0.25, 0.3) is 11.2 Å². The summed E-state index contributed by atoms with van der Waals surface area (Å²) < 4.78 is 4.32. The number of aromatic nitrogens is 4. The van der Waals surface area contributed by atoms with Crippen LogP contribution in [-0.2, 0) is 20.6 Å². The molecule has 9 nitrogen and oxygen atoms in total. The minimum atomic E-state index is -0.593. The molecule has 2 aromatic heterocycles. The summed E-state index contributed by atoms with van der Waals surface area (Å²) in [5.74, 6) is 0.444. The largest absolute Gasteiger partial charge is 0.390 e. The van der Waals surface area contributed by atoms with Crippen molar-refractivity contribution < 1.29 is 10.2 Å². The molecule has 3 rings (SSSR count).